The van der Waals surface area contributed by atoms with Crippen LogP contribution in [0.5, 0.6) is 0 Å². The third-order valence-corrected chi connectivity index (χ3v) is 7.98. The van der Waals surface area contributed by atoms with Crippen LogP contribution in [0.1, 0.15) is 11.4 Å². The van der Waals surface area contributed by atoms with Crippen molar-refractivity contribution in [3.05, 3.63) is 84.2 Å². The second-order valence-corrected chi connectivity index (χ2v) is 10.9. The summed E-state index contributed by atoms with van der Waals surface area (Å²) in [7, 11) is -9.79. The van der Waals surface area contributed by atoms with E-state index in [1.165, 1.54) is 13.8 Å². The molecular weight excluding hydrogens is 500 g/mol. The first-order chi connectivity index (χ1) is 17.0. The lowest BCUT2D eigenvalue weighted by molar-refractivity contribution is 0.460. The molecule has 0 aliphatic carbocycles. The van der Waals surface area contributed by atoms with Crippen molar-refractivity contribution in [3.63, 3.8) is 0 Å². The van der Waals surface area contributed by atoms with Crippen LogP contribution in [-0.2, 0) is 20.2 Å². The van der Waals surface area contributed by atoms with Crippen molar-refractivity contribution in [2.75, 3.05) is 0 Å². The zero-order valence-electron chi connectivity index (χ0n) is 19.1. The first-order valence-corrected chi connectivity index (χ1v) is 13.6. The summed E-state index contributed by atoms with van der Waals surface area (Å²) in [5.41, 5.74) is 1.93. The van der Waals surface area contributed by atoms with Gasteiger partial charge in [-0.05, 0) is 25.0 Å². The zero-order valence-corrected chi connectivity index (χ0v) is 20.7. The van der Waals surface area contributed by atoms with Crippen LogP contribution in [-0.4, -0.2) is 35.9 Å². The minimum atomic E-state index is -4.90. The van der Waals surface area contributed by atoms with Gasteiger partial charge >= 0.3 is 0 Å². The van der Waals surface area contributed by atoms with Gasteiger partial charge in [0.05, 0.1) is 32.2 Å². The first-order valence-electron chi connectivity index (χ1n) is 10.8. The van der Waals surface area contributed by atoms with Crippen molar-refractivity contribution in [2.24, 2.45) is 0 Å². The Morgan fingerprint density at radius 2 is 0.889 bits per heavy atom. The average molecular weight is 519 g/mol. The molecule has 0 saturated carbocycles. The number of pyridine rings is 2. The number of benzene rings is 3. The standard InChI is InChI=1S/C26H20N2O6S2/c1-15-25(35(29,30)31)21(17-9-5-3-6-10-17)19-13-14-20-22(18-11-7-4-8-12-18)26(36(32,33)34)16(2)28-24(20)23(19)27-15/h3-14H,1-2H3,(H,29,30,31)(H,32,33,34)/p-2. The molecule has 3 aromatic carbocycles. The predicted octanol–water partition coefficient (Wildman–Crippen LogP) is 4.54. The molecule has 0 unspecified atom stereocenters. The van der Waals surface area contributed by atoms with Gasteiger partial charge in [0, 0.05) is 21.9 Å². The van der Waals surface area contributed by atoms with E-state index >= 15 is 0 Å². The van der Waals surface area contributed by atoms with E-state index in [4.69, 9.17) is 0 Å². The molecule has 36 heavy (non-hydrogen) atoms. The monoisotopic (exact) mass is 518 g/mol. The molecular formula is C26H18N2O6S2-2. The van der Waals surface area contributed by atoms with Gasteiger partial charge in [0.25, 0.3) is 0 Å². The average Bonchev–Trinajstić information content (AvgIpc) is 2.82. The Kier molecular flexibility index (Phi) is 5.64. The highest BCUT2D eigenvalue weighted by Crippen LogP contribution is 2.42. The van der Waals surface area contributed by atoms with E-state index in [-0.39, 0.29) is 33.5 Å². The van der Waals surface area contributed by atoms with Gasteiger partial charge in [-0.1, -0.05) is 72.8 Å². The maximum absolute atomic E-state index is 12.3. The van der Waals surface area contributed by atoms with Gasteiger partial charge in [-0.15, -0.1) is 0 Å². The van der Waals surface area contributed by atoms with Crippen molar-refractivity contribution in [1.29, 1.82) is 0 Å². The molecule has 0 radical (unpaired) electrons. The maximum Gasteiger partial charge on any atom is 0.126 e. The summed E-state index contributed by atoms with van der Waals surface area (Å²) in [6, 6.07) is 20.3. The summed E-state index contributed by atoms with van der Waals surface area (Å²) >= 11 is 0. The molecule has 0 amide bonds. The van der Waals surface area contributed by atoms with E-state index in [1.54, 1.807) is 72.8 Å². The van der Waals surface area contributed by atoms with Crippen LogP contribution in [0.25, 0.3) is 44.1 Å². The van der Waals surface area contributed by atoms with Crippen molar-refractivity contribution in [1.82, 2.24) is 9.97 Å². The lowest BCUT2D eigenvalue weighted by Gasteiger charge is -2.21. The first kappa shape index (κ1) is 24.0. The van der Waals surface area contributed by atoms with Crippen LogP contribution in [0.2, 0.25) is 0 Å². The number of hydrogen-bond donors (Lipinski definition) is 0. The fourth-order valence-electron chi connectivity index (χ4n) is 4.65. The number of fused-ring (bicyclic) bond motifs is 3. The Hall–Kier alpha value is -3.70. The largest absolute Gasteiger partial charge is 0.744 e. The lowest BCUT2D eigenvalue weighted by Crippen LogP contribution is -2.09. The Labute approximate surface area is 207 Å². The molecule has 0 bridgehead atoms. The van der Waals surface area contributed by atoms with Crippen LogP contribution in [0, 0.1) is 13.8 Å². The highest BCUT2D eigenvalue weighted by Gasteiger charge is 2.24. The summed E-state index contributed by atoms with van der Waals surface area (Å²) in [5.74, 6) is 0. The topological polar surface area (TPSA) is 140 Å². The molecule has 0 N–H and O–H groups in total. The van der Waals surface area contributed by atoms with E-state index in [0.29, 0.717) is 21.9 Å². The van der Waals surface area contributed by atoms with E-state index in [2.05, 4.69) is 9.97 Å². The number of nitrogens with zero attached hydrogens (tertiary/aromatic N) is 2. The molecule has 0 atom stereocenters. The normalized spacial score (nSPS) is 12.3. The van der Waals surface area contributed by atoms with Crippen LogP contribution in [0.3, 0.4) is 0 Å². The second-order valence-electron chi connectivity index (χ2n) is 8.30. The van der Waals surface area contributed by atoms with Gasteiger partial charge in [0.2, 0.25) is 0 Å². The summed E-state index contributed by atoms with van der Waals surface area (Å²) in [6.07, 6.45) is 0. The van der Waals surface area contributed by atoms with Gasteiger partial charge in [-0.3, -0.25) is 0 Å². The molecule has 8 nitrogen and oxygen atoms in total. The van der Waals surface area contributed by atoms with Crippen LogP contribution in [0.15, 0.2) is 82.6 Å². The molecule has 0 spiro atoms. The minimum Gasteiger partial charge on any atom is -0.744 e. The molecule has 182 valence electrons. The smallest absolute Gasteiger partial charge is 0.126 e. The molecule has 0 aliphatic rings. The Bertz CT molecular complexity index is 1750. The molecule has 0 aliphatic heterocycles. The van der Waals surface area contributed by atoms with Gasteiger partial charge in [-0.2, -0.15) is 0 Å². The van der Waals surface area contributed by atoms with Crippen molar-refractivity contribution >= 4 is 42.0 Å². The SMILES string of the molecule is Cc1nc2c(ccc3c(-c4ccccc4)c(S(=O)(=O)[O-])c(C)nc32)c(-c2ccccc2)c1S(=O)(=O)[O-]. The van der Waals surface area contributed by atoms with Gasteiger partial charge < -0.3 is 9.11 Å². The molecule has 5 aromatic rings. The number of hydrogen-bond acceptors (Lipinski definition) is 8. The molecule has 10 heteroatoms. The highest BCUT2D eigenvalue weighted by molar-refractivity contribution is 7.86. The summed E-state index contributed by atoms with van der Waals surface area (Å²) in [5, 5.41) is 0.717. The molecule has 0 saturated heterocycles. The van der Waals surface area contributed by atoms with Crippen molar-refractivity contribution in [3.8, 4) is 22.3 Å². The molecule has 0 fully saturated rings. The van der Waals surface area contributed by atoms with Crippen LogP contribution < -0.4 is 0 Å². The Morgan fingerprint density at radius 3 is 1.19 bits per heavy atom. The second kappa shape index (κ2) is 8.45. The minimum absolute atomic E-state index is 0.00918. The molecule has 2 heterocycles. The predicted molar refractivity (Wildman–Crippen MR) is 133 cm³/mol. The number of aryl methyl sites for hydroxylation is 2. The van der Waals surface area contributed by atoms with Crippen LogP contribution in [0.4, 0.5) is 0 Å². The highest BCUT2D eigenvalue weighted by atomic mass is 32.2. The third kappa shape index (κ3) is 3.94. The Balaban J connectivity index is 2.04. The third-order valence-electron chi connectivity index (χ3n) is 5.99. The van der Waals surface area contributed by atoms with Crippen molar-refractivity contribution in [2.45, 2.75) is 23.6 Å². The van der Waals surface area contributed by atoms with Crippen LogP contribution >= 0.6 is 0 Å². The molecule has 2 aromatic heterocycles. The fraction of sp³-hybridized carbons (Fsp3) is 0.0769. The van der Waals surface area contributed by atoms with E-state index in [0.717, 1.165) is 0 Å². The van der Waals surface area contributed by atoms with E-state index < -0.39 is 30.0 Å². The summed E-state index contributed by atoms with van der Waals surface area (Å²) < 4.78 is 73.7. The van der Waals surface area contributed by atoms with Gasteiger partial charge in [0.15, 0.2) is 0 Å². The van der Waals surface area contributed by atoms with Gasteiger partial charge in [0.1, 0.15) is 20.2 Å². The van der Waals surface area contributed by atoms with Crippen molar-refractivity contribution < 1.29 is 25.9 Å². The summed E-state index contributed by atoms with van der Waals surface area (Å²) in [4.78, 5) is 8.05. The lowest BCUT2D eigenvalue weighted by atomic mass is 9.95. The number of aromatic nitrogens is 2. The fourth-order valence-corrected chi connectivity index (χ4v) is 6.42. The van der Waals surface area contributed by atoms with Gasteiger partial charge in [-0.25, -0.2) is 26.8 Å². The van der Waals surface area contributed by atoms with E-state index in [9.17, 15) is 25.9 Å². The Morgan fingerprint density at radius 1 is 0.556 bits per heavy atom. The summed E-state index contributed by atoms with van der Waals surface area (Å²) in [6.45, 7) is 2.86. The van der Waals surface area contributed by atoms with E-state index in [1.807, 2.05) is 0 Å². The maximum atomic E-state index is 12.3. The zero-order chi connectivity index (χ0) is 25.8. The quantitative estimate of drug-likeness (QED) is 0.249. The number of rotatable bonds is 4. The molecule has 5 rings (SSSR count).